The zero-order valence-corrected chi connectivity index (χ0v) is 22.8. The van der Waals surface area contributed by atoms with Crippen molar-refractivity contribution in [1.82, 2.24) is 0 Å². The molecule has 0 aliphatic carbocycles. The van der Waals surface area contributed by atoms with Gasteiger partial charge in [0.2, 0.25) is 0 Å². The number of esters is 2. The van der Waals surface area contributed by atoms with Gasteiger partial charge in [0.15, 0.2) is 0 Å². The molecule has 1 atom stereocenters. The van der Waals surface area contributed by atoms with Gasteiger partial charge in [-0.15, -0.1) is 0 Å². The SMILES string of the molecule is CCCCCCCCCCOc1ccc(C(=O)Oc2ccc(C(=O)OCCCC(C)OCC)cc2)cc1. The number of ether oxygens (including phenoxy) is 4. The van der Waals surface area contributed by atoms with E-state index >= 15 is 0 Å². The molecular formula is C31H44O6. The average molecular weight is 513 g/mol. The van der Waals surface area contributed by atoms with Crippen molar-refractivity contribution in [2.45, 2.75) is 91.1 Å². The van der Waals surface area contributed by atoms with E-state index in [1.807, 2.05) is 13.8 Å². The molecule has 6 heteroatoms. The van der Waals surface area contributed by atoms with Gasteiger partial charge < -0.3 is 18.9 Å². The zero-order chi connectivity index (χ0) is 26.7. The standard InChI is InChI=1S/C31H44O6/c1-4-6-7-8-9-10-11-12-23-35-28-19-15-27(16-20-28)31(33)37-29-21-17-26(18-22-29)30(32)36-24-13-14-25(3)34-5-2/h15-22,25H,4-14,23-24H2,1-3H3. The lowest BCUT2D eigenvalue weighted by atomic mass is 10.1. The summed E-state index contributed by atoms with van der Waals surface area (Å²) in [5.41, 5.74) is 0.847. The normalized spacial score (nSPS) is 11.6. The van der Waals surface area contributed by atoms with Crippen molar-refractivity contribution in [2.75, 3.05) is 19.8 Å². The van der Waals surface area contributed by atoms with E-state index < -0.39 is 11.9 Å². The summed E-state index contributed by atoms with van der Waals surface area (Å²) in [4.78, 5) is 24.7. The Bertz CT molecular complexity index is 891. The molecule has 2 aromatic carbocycles. The maximum atomic E-state index is 12.5. The third-order valence-corrected chi connectivity index (χ3v) is 6.10. The third kappa shape index (κ3) is 12.8. The van der Waals surface area contributed by atoms with Gasteiger partial charge in [0.1, 0.15) is 11.5 Å². The Morgan fingerprint density at radius 1 is 0.676 bits per heavy atom. The minimum atomic E-state index is -0.464. The van der Waals surface area contributed by atoms with Crippen LogP contribution in [0, 0.1) is 0 Å². The Morgan fingerprint density at radius 3 is 1.86 bits per heavy atom. The highest BCUT2D eigenvalue weighted by Gasteiger charge is 2.12. The molecule has 6 nitrogen and oxygen atoms in total. The first-order valence-corrected chi connectivity index (χ1v) is 13.9. The first kappa shape index (κ1) is 30.4. The molecule has 2 aromatic rings. The van der Waals surface area contributed by atoms with Crippen LogP contribution in [-0.4, -0.2) is 37.9 Å². The van der Waals surface area contributed by atoms with Gasteiger partial charge >= 0.3 is 11.9 Å². The summed E-state index contributed by atoms with van der Waals surface area (Å²) in [5, 5.41) is 0. The van der Waals surface area contributed by atoms with E-state index in [0.717, 1.165) is 25.0 Å². The van der Waals surface area contributed by atoms with Crippen molar-refractivity contribution in [2.24, 2.45) is 0 Å². The van der Waals surface area contributed by atoms with Gasteiger partial charge in [-0.2, -0.15) is 0 Å². The molecule has 0 saturated heterocycles. The molecule has 0 bridgehead atoms. The first-order chi connectivity index (χ1) is 18.0. The average Bonchev–Trinajstić information content (AvgIpc) is 2.91. The molecule has 204 valence electrons. The number of unbranched alkanes of at least 4 members (excludes halogenated alkanes) is 7. The van der Waals surface area contributed by atoms with Crippen LogP contribution in [0.1, 0.15) is 106 Å². The highest BCUT2D eigenvalue weighted by atomic mass is 16.5. The van der Waals surface area contributed by atoms with E-state index in [2.05, 4.69) is 6.92 Å². The number of rotatable bonds is 19. The van der Waals surface area contributed by atoms with Crippen LogP contribution in [0.2, 0.25) is 0 Å². The fourth-order valence-electron chi connectivity index (χ4n) is 3.93. The molecule has 0 amide bonds. The molecule has 1 unspecified atom stereocenters. The first-order valence-electron chi connectivity index (χ1n) is 13.9. The summed E-state index contributed by atoms with van der Waals surface area (Å²) < 4.78 is 22.0. The highest BCUT2D eigenvalue weighted by Crippen LogP contribution is 2.18. The number of hydrogen-bond donors (Lipinski definition) is 0. The lowest BCUT2D eigenvalue weighted by Gasteiger charge is -2.11. The van der Waals surface area contributed by atoms with Gasteiger partial charge in [-0.25, -0.2) is 9.59 Å². The van der Waals surface area contributed by atoms with E-state index in [0.29, 0.717) is 36.7 Å². The lowest BCUT2D eigenvalue weighted by Crippen LogP contribution is -2.11. The molecule has 2 rings (SSSR count). The molecule has 0 saturated carbocycles. The summed E-state index contributed by atoms with van der Waals surface area (Å²) in [7, 11) is 0. The molecule has 0 aromatic heterocycles. The van der Waals surface area contributed by atoms with Crippen molar-refractivity contribution < 1.29 is 28.5 Å². The van der Waals surface area contributed by atoms with Crippen LogP contribution in [-0.2, 0) is 9.47 Å². The minimum Gasteiger partial charge on any atom is -0.494 e. The summed E-state index contributed by atoms with van der Waals surface area (Å²) in [5.74, 6) is 0.245. The minimum absolute atomic E-state index is 0.154. The second-order valence-corrected chi connectivity index (χ2v) is 9.31. The van der Waals surface area contributed by atoms with Crippen LogP contribution in [0.3, 0.4) is 0 Å². The maximum absolute atomic E-state index is 12.5. The summed E-state index contributed by atoms with van der Waals surface area (Å²) in [6.45, 7) is 7.90. The monoisotopic (exact) mass is 512 g/mol. The smallest absolute Gasteiger partial charge is 0.343 e. The number of benzene rings is 2. The topological polar surface area (TPSA) is 71.1 Å². The molecule has 0 N–H and O–H groups in total. The van der Waals surface area contributed by atoms with Crippen molar-refractivity contribution in [3.05, 3.63) is 59.7 Å². The summed E-state index contributed by atoms with van der Waals surface area (Å²) in [6, 6.07) is 13.3. The lowest BCUT2D eigenvalue weighted by molar-refractivity contribution is 0.0418. The maximum Gasteiger partial charge on any atom is 0.343 e. The third-order valence-electron chi connectivity index (χ3n) is 6.10. The molecule has 0 radical (unpaired) electrons. The van der Waals surface area contributed by atoms with E-state index in [9.17, 15) is 9.59 Å². The molecule has 0 spiro atoms. The van der Waals surface area contributed by atoms with Crippen LogP contribution in [0.25, 0.3) is 0 Å². The van der Waals surface area contributed by atoms with Crippen molar-refractivity contribution in [3.8, 4) is 11.5 Å². The largest absolute Gasteiger partial charge is 0.494 e. The molecule has 0 fully saturated rings. The van der Waals surface area contributed by atoms with Gasteiger partial charge in [0.25, 0.3) is 0 Å². The van der Waals surface area contributed by atoms with Gasteiger partial charge in [-0.05, 0) is 81.6 Å². The van der Waals surface area contributed by atoms with Crippen LogP contribution in [0.15, 0.2) is 48.5 Å². The van der Waals surface area contributed by atoms with Gasteiger partial charge in [-0.3, -0.25) is 0 Å². The Kier molecular flexibility index (Phi) is 15.1. The second kappa shape index (κ2) is 18.4. The molecule has 37 heavy (non-hydrogen) atoms. The summed E-state index contributed by atoms with van der Waals surface area (Å²) in [6.07, 6.45) is 11.8. The number of carbonyl (C=O) groups excluding carboxylic acids is 2. The van der Waals surface area contributed by atoms with Crippen LogP contribution < -0.4 is 9.47 Å². The van der Waals surface area contributed by atoms with E-state index in [-0.39, 0.29) is 6.10 Å². The van der Waals surface area contributed by atoms with E-state index in [4.69, 9.17) is 18.9 Å². The Balaban J connectivity index is 1.67. The quantitative estimate of drug-likeness (QED) is 0.109. The Hall–Kier alpha value is -2.86. The number of carbonyl (C=O) groups is 2. The molecular weight excluding hydrogens is 468 g/mol. The fraction of sp³-hybridized carbons (Fsp3) is 0.548. The molecule has 0 aliphatic rings. The van der Waals surface area contributed by atoms with Crippen molar-refractivity contribution >= 4 is 11.9 Å². The van der Waals surface area contributed by atoms with Crippen molar-refractivity contribution in [3.63, 3.8) is 0 Å². The van der Waals surface area contributed by atoms with Crippen LogP contribution in [0.5, 0.6) is 11.5 Å². The Labute approximate surface area is 222 Å². The van der Waals surface area contributed by atoms with E-state index in [1.54, 1.807) is 48.5 Å². The molecule has 0 heterocycles. The van der Waals surface area contributed by atoms with Crippen LogP contribution >= 0.6 is 0 Å². The van der Waals surface area contributed by atoms with Crippen LogP contribution in [0.4, 0.5) is 0 Å². The Morgan fingerprint density at radius 2 is 1.24 bits per heavy atom. The van der Waals surface area contributed by atoms with E-state index in [1.165, 1.54) is 44.9 Å². The highest BCUT2D eigenvalue weighted by molar-refractivity contribution is 5.92. The molecule has 0 aliphatic heterocycles. The van der Waals surface area contributed by atoms with Crippen molar-refractivity contribution in [1.29, 1.82) is 0 Å². The predicted molar refractivity (Wildman–Crippen MR) is 147 cm³/mol. The van der Waals surface area contributed by atoms with Gasteiger partial charge in [-0.1, -0.05) is 51.9 Å². The zero-order valence-electron chi connectivity index (χ0n) is 22.8. The second-order valence-electron chi connectivity index (χ2n) is 9.31. The summed E-state index contributed by atoms with van der Waals surface area (Å²) >= 11 is 0. The predicted octanol–water partition coefficient (Wildman–Crippen LogP) is 7.79. The number of hydrogen-bond acceptors (Lipinski definition) is 6. The fourth-order valence-corrected chi connectivity index (χ4v) is 3.93. The van der Waals surface area contributed by atoms with Gasteiger partial charge in [0.05, 0.1) is 30.4 Å². The van der Waals surface area contributed by atoms with Gasteiger partial charge in [0, 0.05) is 6.61 Å².